The third kappa shape index (κ3) is 1.15. The zero-order valence-corrected chi connectivity index (χ0v) is 11.1. The van der Waals surface area contributed by atoms with Crippen molar-refractivity contribution in [2.24, 2.45) is 23.2 Å². The normalized spacial score (nSPS) is 48.7. The third-order valence-electron chi connectivity index (χ3n) is 5.56. The van der Waals surface area contributed by atoms with Gasteiger partial charge in [0.2, 0.25) is 0 Å². The van der Waals surface area contributed by atoms with Gasteiger partial charge in [0.15, 0.2) is 5.79 Å². The minimum Gasteiger partial charge on any atom is -0.347 e. The van der Waals surface area contributed by atoms with Crippen LogP contribution in [0.15, 0.2) is 11.6 Å². The summed E-state index contributed by atoms with van der Waals surface area (Å²) in [4.78, 5) is 12.2. The summed E-state index contributed by atoms with van der Waals surface area (Å²) in [7, 11) is 0. The topological polar surface area (TPSA) is 35.5 Å². The molecule has 1 saturated heterocycles. The molecule has 1 aliphatic heterocycles. The lowest BCUT2D eigenvalue weighted by Gasteiger charge is -2.57. The molecular weight excluding hydrogens is 228 g/mol. The molecule has 5 rings (SSSR count). The summed E-state index contributed by atoms with van der Waals surface area (Å²) in [5, 5.41) is 0. The van der Waals surface area contributed by atoms with Crippen molar-refractivity contribution in [1.82, 2.24) is 0 Å². The summed E-state index contributed by atoms with van der Waals surface area (Å²) >= 11 is 0. The van der Waals surface area contributed by atoms with Crippen molar-refractivity contribution in [2.75, 3.05) is 13.2 Å². The first-order valence-corrected chi connectivity index (χ1v) is 7.06. The Morgan fingerprint density at radius 1 is 1.28 bits per heavy atom. The molecule has 18 heavy (non-hydrogen) atoms. The molecule has 0 aromatic rings. The van der Waals surface area contributed by atoms with E-state index >= 15 is 0 Å². The van der Waals surface area contributed by atoms with Gasteiger partial charge in [-0.2, -0.15) is 0 Å². The molecule has 2 bridgehead atoms. The monoisotopic (exact) mass is 248 g/mol. The highest BCUT2D eigenvalue weighted by Crippen LogP contribution is 2.64. The van der Waals surface area contributed by atoms with Crippen LogP contribution in [0.3, 0.4) is 0 Å². The van der Waals surface area contributed by atoms with Gasteiger partial charge in [-0.05, 0) is 19.3 Å². The van der Waals surface area contributed by atoms with Gasteiger partial charge in [-0.3, -0.25) is 4.79 Å². The van der Waals surface area contributed by atoms with Crippen molar-refractivity contribution in [1.29, 1.82) is 0 Å². The predicted octanol–water partition coefficient (Wildman–Crippen LogP) is 2.31. The van der Waals surface area contributed by atoms with Gasteiger partial charge in [0, 0.05) is 30.1 Å². The van der Waals surface area contributed by atoms with Gasteiger partial charge < -0.3 is 9.47 Å². The molecule has 0 radical (unpaired) electrons. The van der Waals surface area contributed by atoms with E-state index in [0.717, 1.165) is 19.3 Å². The molecular formula is C15H20O3. The fourth-order valence-electron chi connectivity index (χ4n) is 5.35. The van der Waals surface area contributed by atoms with E-state index in [1.165, 1.54) is 5.57 Å². The average molecular weight is 248 g/mol. The highest BCUT2D eigenvalue weighted by molar-refractivity contribution is 5.85. The van der Waals surface area contributed by atoms with E-state index in [9.17, 15) is 4.79 Å². The average Bonchev–Trinajstić information content (AvgIpc) is 2.86. The molecule has 2 saturated carbocycles. The Morgan fingerprint density at radius 3 is 2.72 bits per heavy atom. The van der Waals surface area contributed by atoms with Crippen LogP contribution < -0.4 is 0 Å². The van der Waals surface area contributed by atoms with Crippen molar-refractivity contribution in [3.05, 3.63) is 11.6 Å². The van der Waals surface area contributed by atoms with E-state index in [-0.39, 0.29) is 11.3 Å². The highest BCUT2D eigenvalue weighted by Gasteiger charge is 2.66. The maximum atomic E-state index is 12.2. The molecule has 0 aromatic carbocycles. The van der Waals surface area contributed by atoms with Crippen LogP contribution >= 0.6 is 0 Å². The molecule has 4 aliphatic carbocycles. The molecule has 1 heterocycles. The molecule has 0 amide bonds. The van der Waals surface area contributed by atoms with Crippen LogP contribution in [0.25, 0.3) is 0 Å². The van der Waals surface area contributed by atoms with Gasteiger partial charge in [-0.25, -0.2) is 0 Å². The molecule has 0 aromatic heterocycles. The molecule has 5 aliphatic rings. The molecule has 4 atom stereocenters. The number of allylic oxidation sites excluding steroid dienone is 1. The van der Waals surface area contributed by atoms with Crippen molar-refractivity contribution >= 4 is 5.78 Å². The number of hydrogen-bond donors (Lipinski definition) is 0. The smallest absolute Gasteiger partial charge is 0.176 e. The van der Waals surface area contributed by atoms with Crippen LogP contribution in [0.2, 0.25) is 0 Å². The third-order valence-corrected chi connectivity index (χ3v) is 5.56. The standard InChI is InChI=1S/C15H20O3/c1-9-7-14(2)8-15(17-5-6-18-15)12(9)10-3-4-11(16)13(10)14/h7,10,12-13H,3-6,8H2,1-2H3/t10-,12+,13+,14+/m1/s1. The Hall–Kier alpha value is -0.670. The number of ketones is 1. The number of Topliss-reactive ketones (excluding diaryl/α,β-unsaturated/α-hetero) is 1. The van der Waals surface area contributed by atoms with Gasteiger partial charge in [0.25, 0.3) is 0 Å². The molecule has 1 spiro atoms. The molecule has 98 valence electrons. The van der Waals surface area contributed by atoms with Crippen LogP contribution in [0.4, 0.5) is 0 Å². The quantitative estimate of drug-likeness (QED) is 0.617. The second-order valence-corrected chi connectivity index (χ2v) is 6.70. The molecule has 3 fully saturated rings. The Labute approximate surface area is 108 Å². The predicted molar refractivity (Wildman–Crippen MR) is 65.8 cm³/mol. The SMILES string of the molecule is CC1=C[C@@]2(C)CC3(OCCO3)[C@@H]1[C@H]1CCC(=O)[C@H]12. The van der Waals surface area contributed by atoms with E-state index in [1.807, 2.05) is 0 Å². The van der Waals surface area contributed by atoms with Crippen LogP contribution in [-0.2, 0) is 14.3 Å². The highest BCUT2D eigenvalue weighted by atomic mass is 16.7. The first kappa shape index (κ1) is 11.2. The van der Waals surface area contributed by atoms with Crippen LogP contribution in [0, 0.1) is 23.2 Å². The van der Waals surface area contributed by atoms with Gasteiger partial charge in [0.05, 0.1) is 13.2 Å². The fraction of sp³-hybridized carbons (Fsp3) is 0.800. The number of rotatable bonds is 0. The Balaban J connectivity index is 1.86. The summed E-state index contributed by atoms with van der Waals surface area (Å²) in [5.41, 5.74) is 1.32. The number of carbonyl (C=O) groups excluding carboxylic acids is 1. The zero-order chi connectivity index (χ0) is 12.5. The van der Waals surface area contributed by atoms with Crippen molar-refractivity contribution in [3.63, 3.8) is 0 Å². The maximum Gasteiger partial charge on any atom is 0.176 e. The lowest BCUT2D eigenvalue weighted by Crippen LogP contribution is -2.59. The number of hydrogen-bond acceptors (Lipinski definition) is 3. The minimum atomic E-state index is -0.417. The van der Waals surface area contributed by atoms with E-state index in [4.69, 9.17) is 9.47 Å². The minimum absolute atomic E-state index is 0.0541. The van der Waals surface area contributed by atoms with E-state index in [1.54, 1.807) is 0 Å². The molecule has 3 nitrogen and oxygen atoms in total. The van der Waals surface area contributed by atoms with E-state index in [0.29, 0.717) is 30.8 Å². The van der Waals surface area contributed by atoms with Crippen LogP contribution in [0.1, 0.15) is 33.1 Å². The maximum absolute atomic E-state index is 12.2. The van der Waals surface area contributed by atoms with Gasteiger partial charge in [-0.15, -0.1) is 0 Å². The second-order valence-electron chi connectivity index (χ2n) is 6.70. The summed E-state index contributed by atoms with van der Waals surface area (Å²) in [5.74, 6) is 1.01. The van der Waals surface area contributed by atoms with Gasteiger partial charge in [-0.1, -0.05) is 18.6 Å². The zero-order valence-electron chi connectivity index (χ0n) is 11.1. The first-order valence-electron chi connectivity index (χ1n) is 7.06. The molecule has 0 N–H and O–H groups in total. The Bertz CT molecular complexity index is 447. The Kier molecular flexibility index (Phi) is 2.02. The van der Waals surface area contributed by atoms with Crippen molar-refractivity contribution in [3.8, 4) is 0 Å². The summed E-state index contributed by atoms with van der Waals surface area (Å²) in [6.07, 6.45) is 4.95. The molecule has 3 heteroatoms. The number of ether oxygens (including phenoxy) is 2. The van der Waals surface area contributed by atoms with Crippen LogP contribution in [-0.4, -0.2) is 24.8 Å². The van der Waals surface area contributed by atoms with Gasteiger partial charge >= 0.3 is 0 Å². The van der Waals surface area contributed by atoms with E-state index < -0.39 is 5.79 Å². The van der Waals surface area contributed by atoms with Gasteiger partial charge in [0.1, 0.15) is 5.78 Å². The molecule has 0 unspecified atom stereocenters. The van der Waals surface area contributed by atoms with Crippen molar-refractivity contribution in [2.45, 2.75) is 38.9 Å². The lowest BCUT2D eigenvalue weighted by atomic mass is 9.51. The summed E-state index contributed by atoms with van der Waals surface area (Å²) in [6.45, 7) is 5.81. The van der Waals surface area contributed by atoms with Crippen LogP contribution in [0.5, 0.6) is 0 Å². The second kappa shape index (κ2) is 3.26. The largest absolute Gasteiger partial charge is 0.347 e. The summed E-state index contributed by atoms with van der Waals surface area (Å²) in [6, 6.07) is 0. The number of carbonyl (C=O) groups is 1. The Morgan fingerprint density at radius 2 is 2.00 bits per heavy atom. The fourth-order valence-corrected chi connectivity index (χ4v) is 5.35. The van der Waals surface area contributed by atoms with Crippen molar-refractivity contribution < 1.29 is 14.3 Å². The summed E-state index contributed by atoms with van der Waals surface area (Å²) < 4.78 is 12.0. The first-order chi connectivity index (χ1) is 8.56. The lowest BCUT2D eigenvalue weighted by molar-refractivity contribution is -0.249. The van der Waals surface area contributed by atoms with E-state index in [2.05, 4.69) is 19.9 Å².